The molecular weight excluding hydrogens is 211 g/mol. The third-order valence-corrected chi connectivity index (χ3v) is 3.36. The van der Waals surface area contributed by atoms with Crippen LogP contribution in [0.3, 0.4) is 0 Å². The van der Waals surface area contributed by atoms with Crippen molar-refractivity contribution in [3.8, 4) is 10.7 Å². The Bertz CT molecular complexity index is 259. The summed E-state index contributed by atoms with van der Waals surface area (Å²) in [5, 5.41) is 0. The Kier molecular flexibility index (Phi) is 7.70. The van der Waals surface area contributed by atoms with Gasteiger partial charge in [0.15, 0.2) is 0 Å². The summed E-state index contributed by atoms with van der Waals surface area (Å²) in [4.78, 5) is 3.34. The van der Waals surface area contributed by atoms with E-state index in [1.54, 1.807) is 0 Å². The van der Waals surface area contributed by atoms with Gasteiger partial charge in [-0.25, -0.2) is 4.78 Å². The zero-order valence-electron chi connectivity index (χ0n) is 10.7. The first-order chi connectivity index (χ1) is 7.79. The molecule has 1 nitrogen and oxygen atoms in total. The van der Waals surface area contributed by atoms with Crippen molar-refractivity contribution < 1.29 is 4.74 Å². The predicted molar refractivity (Wildman–Crippen MR) is 71.9 cm³/mol. The SMILES string of the molecule is C1CCOC1.[CH3][Al]([CH3])[C]#CC1=CCCCC1. The molecule has 0 aromatic heterocycles. The molecule has 0 bridgehead atoms. The average Bonchev–Trinajstić information content (AvgIpc) is 2.86. The molecule has 0 saturated carbocycles. The van der Waals surface area contributed by atoms with Crippen LogP contribution in [0, 0.1) is 10.7 Å². The van der Waals surface area contributed by atoms with Crippen LogP contribution < -0.4 is 0 Å². The maximum atomic E-state index is 4.94. The monoisotopic (exact) mass is 234 g/mol. The topological polar surface area (TPSA) is 9.23 Å². The van der Waals surface area contributed by atoms with Crippen LogP contribution in [0.2, 0.25) is 11.6 Å². The van der Waals surface area contributed by atoms with E-state index < -0.39 is 14.1 Å². The van der Waals surface area contributed by atoms with Gasteiger partial charge in [-0.15, -0.1) is 0 Å². The number of hydrogen-bond donors (Lipinski definition) is 0. The number of ether oxygens (including phenoxy) is 1. The molecule has 0 spiro atoms. The lowest BCUT2D eigenvalue weighted by Crippen LogP contribution is -1.95. The highest BCUT2D eigenvalue weighted by Gasteiger charge is 2.00. The van der Waals surface area contributed by atoms with Crippen LogP contribution in [0.5, 0.6) is 0 Å². The largest absolute Gasteiger partial charge is 0.381 e. The molecule has 0 radical (unpaired) electrons. The third-order valence-electron chi connectivity index (χ3n) is 2.64. The second kappa shape index (κ2) is 8.89. The summed E-state index contributed by atoms with van der Waals surface area (Å²) in [7, 11) is 0. The predicted octanol–water partition coefficient (Wildman–Crippen LogP) is 3.58. The fourth-order valence-electron chi connectivity index (χ4n) is 1.70. The maximum absolute atomic E-state index is 4.94. The van der Waals surface area contributed by atoms with E-state index in [0.717, 1.165) is 13.2 Å². The van der Waals surface area contributed by atoms with E-state index in [2.05, 4.69) is 28.4 Å². The minimum absolute atomic E-state index is 0.643. The zero-order chi connectivity index (χ0) is 11.6. The quantitative estimate of drug-likeness (QED) is 0.460. The highest BCUT2D eigenvalue weighted by atomic mass is 27.2. The Labute approximate surface area is 105 Å². The molecule has 1 heterocycles. The molecule has 0 N–H and O–H groups in total. The number of rotatable bonds is 0. The lowest BCUT2D eigenvalue weighted by atomic mass is 10.0. The number of allylic oxidation sites excluding steroid dienone is 2. The molecule has 2 heteroatoms. The molecule has 0 atom stereocenters. The van der Waals surface area contributed by atoms with Gasteiger partial charge in [-0.05, 0) is 44.1 Å². The molecule has 0 amide bonds. The molecular formula is C14H23AlO. The van der Waals surface area contributed by atoms with Gasteiger partial charge < -0.3 is 4.74 Å². The second-order valence-corrected chi connectivity index (χ2v) is 7.32. The van der Waals surface area contributed by atoms with Crippen LogP contribution in [-0.2, 0) is 4.74 Å². The van der Waals surface area contributed by atoms with Crippen LogP contribution in [-0.4, -0.2) is 27.4 Å². The summed E-state index contributed by atoms with van der Waals surface area (Å²) in [5.41, 5.74) is 1.40. The Balaban J connectivity index is 0.000000212. The van der Waals surface area contributed by atoms with E-state index in [4.69, 9.17) is 4.74 Å². The summed E-state index contributed by atoms with van der Waals surface area (Å²) in [6.07, 6.45) is 10.1. The van der Waals surface area contributed by atoms with Crippen molar-refractivity contribution in [2.24, 2.45) is 0 Å². The van der Waals surface area contributed by atoms with Gasteiger partial charge in [0.2, 0.25) is 0 Å². The fraction of sp³-hybridized carbons (Fsp3) is 0.714. The number of hydrogen-bond acceptors (Lipinski definition) is 1. The van der Waals surface area contributed by atoms with Crippen LogP contribution in [0.1, 0.15) is 38.5 Å². The van der Waals surface area contributed by atoms with E-state index in [9.17, 15) is 0 Å². The fourth-order valence-corrected chi connectivity index (χ4v) is 2.17. The van der Waals surface area contributed by atoms with Crippen LogP contribution in [0.4, 0.5) is 0 Å². The van der Waals surface area contributed by atoms with Gasteiger partial charge >= 0.3 is 14.1 Å². The van der Waals surface area contributed by atoms with Crippen LogP contribution in [0.15, 0.2) is 11.6 Å². The van der Waals surface area contributed by atoms with Crippen molar-refractivity contribution in [1.82, 2.24) is 0 Å². The van der Waals surface area contributed by atoms with E-state index >= 15 is 0 Å². The lowest BCUT2D eigenvalue weighted by Gasteiger charge is -2.05. The van der Waals surface area contributed by atoms with Gasteiger partial charge in [-0.2, -0.15) is 0 Å². The van der Waals surface area contributed by atoms with Gasteiger partial charge in [-0.1, -0.05) is 23.6 Å². The molecule has 1 saturated heterocycles. The molecule has 1 aliphatic carbocycles. The van der Waals surface area contributed by atoms with E-state index in [1.165, 1.54) is 44.1 Å². The van der Waals surface area contributed by atoms with Crippen molar-refractivity contribution in [3.05, 3.63) is 11.6 Å². The van der Waals surface area contributed by atoms with E-state index in [0.29, 0.717) is 0 Å². The normalized spacial score (nSPS) is 18.8. The highest BCUT2D eigenvalue weighted by molar-refractivity contribution is 6.64. The summed E-state index contributed by atoms with van der Waals surface area (Å²) in [5.74, 6) is 7.84. The lowest BCUT2D eigenvalue weighted by molar-refractivity contribution is 0.198. The third kappa shape index (κ3) is 7.13. The van der Waals surface area contributed by atoms with Crippen molar-refractivity contribution in [2.45, 2.75) is 50.1 Å². The Morgan fingerprint density at radius 3 is 2.31 bits per heavy atom. The molecule has 0 aromatic carbocycles. The first-order valence-corrected chi connectivity index (χ1v) is 9.46. The molecule has 16 heavy (non-hydrogen) atoms. The van der Waals surface area contributed by atoms with Gasteiger partial charge in [0.05, 0.1) is 0 Å². The molecule has 0 unspecified atom stereocenters. The van der Waals surface area contributed by atoms with Crippen molar-refractivity contribution in [3.63, 3.8) is 0 Å². The van der Waals surface area contributed by atoms with E-state index in [-0.39, 0.29) is 0 Å². The maximum Gasteiger partial charge on any atom is 0.370 e. The summed E-state index contributed by atoms with van der Waals surface area (Å²) < 4.78 is 4.94. The molecule has 1 fully saturated rings. The van der Waals surface area contributed by atoms with Crippen molar-refractivity contribution in [1.29, 1.82) is 0 Å². The van der Waals surface area contributed by atoms with Gasteiger partial charge in [0.25, 0.3) is 0 Å². The first-order valence-electron chi connectivity index (χ1n) is 6.57. The molecule has 2 aliphatic rings. The van der Waals surface area contributed by atoms with Crippen molar-refractivity contribution in [2.75, 3.05) is 13.2 Å². The Morgan fingerprint density at radius 1 is 1.12 bits per heavy atom. The Hall–Kier alpha value is -0.208. The van der Waals surface area contributed by atoms with Crippen molar-refractivity contribution >= 4 is 14.1 Å². The summed E-state index contributed by atoms with van der Waals surface area (Å²) in [6.45, 7) is 2.00. The minimum Gasteiger partial charge on any atom is -0.381 e. The average molecular weight is 234 g/mol. The molecule has 88 valence electrons. The highest BCUT2D eigenvalue weighted by Crippen LogP contribution is 2.15. The van der Waals surface area contributed by atoms with E-state index in [1.807, 2.05) is 0 Å². The summed E-state index contributed by atoms with van der Waals surface area (Å²) in [6, 6.07) is 0. The first kappa shape index (κ1) is 13.9. The van der Waals surface area contributed by atoms with Gasteiger partial charge in [0.1, 0.15) is 0 Å². The Morgan fingerprint density at radius 2 is 1.88 bits per heavy atom. The van der Waals surface area contributed by atoms with Gasteiger partial charge in [-0.3, -0.25) is 0 Å². The van der Waals surface area contributed by atoms with Crippen LogP contribution >= 0.6 is 0 Å². The molecule has 0 aromatic rings. The standard InChI is InChI=1S/C8H9.C4H8O.2CH3.Al/c1-2-8-6-4-3-5-7-8;1-2-4-5-3-1;;;/h6H,3-5,7H2;1-4H2;2*1H3;. The second-order valence-electron chi connectivity index (χ2n) is 4.72. The van der Waals surface area contributed by atoms with Gasteiger partial charge in [0, 0.05) is 13.2 Å². The smallest absolute Gasteiger partial charge is 0.370 e. The molecule has 1 aliphatic heterocycles. The van der Waals surface area contributed by atoms with Crippen LogP contribution in [0.25, 0.3) is 0 Å². The summed E-state index contributed by atoms with van der Waals surface area (Å²) >= 11 is -0.643. The molecule has 2 rings (SSSR count). The zero-order valence-corrected chi connectivity index (χ0v) is 11.9. The minimum atomic E-state index is -0.643.